The third-order valence-electron chi connectivity index (χ3n) is 1.96. The van der Waals surface area contributed by atoms with E-state index >= 15 is 0 Å². The quantitative estimate of drug-likeness (QED) is 0.153. The van der Waals surface area contributed by atoms with Crippen molar-refractivity contribution >= 4 is 21.0 Å². The summed E-state index contributed by atoms with van der Waals surface area (Å²) in [7, 11) is -11.3. The van der Waals surface area contributed by atoms with Crippen LogP contribution in [0.15, 0.2) is 12.7 Å². The molecule has 0 spiro atoms. The average molecular weight is 317 g/mol. The van der Waals surface area contributed by atoms with E-state index in [1.807, 2.05) is 0 Å². The van der Waals surface area contributed by atoms with Gasteiger partial charge in [-0.05, 0) is 0 Å². The molecule has 0 aliphatic carbocycles. The van der Waals surface area contributed by atoms with E-state index in [9.17, 15) is 34.1 Å². The van der Waals surface area contributed by atoms with Gasteiger partial charge in [-0.3, -0.25) is 9.36 Å². The zero-order valence-corrected chi connectivity index (χ0v) is 11.3. The zero-order chi connectivity index (χ0) is 15.2. The first-order chi connectivity index (χ1) is 8.64. The summed E-state index contributed by atoms with van der Waals surface area (Å²) in [6.45, 7) is 1.97. The number of ether oxygens (including phenoxy) is 1. The molecule has 112 valence electrons. The van der Waals surface area contributed by atoms with E-state index in [-0.39, 0.29) is 6.47 Å². The highest BCUT2D eigenvalue weighted by molar-refractivity contribution is 8.25. The number of aliphatic hydroxyl groups is 1. The molecule has 0 aliphatic rings. The van der Waals surface area contributed by atoms with E-state index in [1.54, 1.807) is 0 Å². The lowest BCUT2D eigenvalue weighted by molar-refractivity contribution is -0.639. The fourth-order valence-corrected chi connectivity index (χ4v) is 2.38. The first kappa shape index (κ1) is 18.4. The molecule has 0 bridgehead atoms. The molecule has 0 aromatic carbocycles. The van der Waals surface area contributed by atoms with Gasteiger partial charge in [0.15, 0.2) is 0 Å². The van der Waals surface area contributed by atoms with Crippen molar-refractivity contribution in [2.75, 3.05) is 13.2 Å². The lowest BCUT2D eigenvalue weighted by atomic mass is 10.0. The van der Waals surface area contributed by atoms with Gasteiger partial charge in [0.1, 0.15) is 12.2 Å². The molecule has 0 amide bonds. The minimum Gasteiger partial charge on any atom is -0.802 e. The topological polar surface area (TPSA) is 168 Å². The second-order valence-corrected chi connectivity index (χ2v) is 8.53. The van der Waals surface area contributed by atoms with Gasteiger partial charge in [-0.1, -0.05) is 6.08 Å². The molecule has 0 saturated carbocycles. The van der Waals surface area contributed by atoms with Crippen molar-refractivity contribution in [3.8, 4) is 0 Å². The van der Waals surface area contributed by atoms with Crippen LogP contribution in [0.4, 0.5) is 0 Å². The maximum absolute atomic E-state index is 11.2. The van der Waals surface area contributed by atoms with E-state index in [4.69, 9.17) is 0 Å². The summed E-state index contributed by atoms with van der Waals surface area (Å²) >= 11 is 0. The number of hydrogen-bond acceptors (Lipinski definition) is 10. The highest BCUT2D eigenvalue weighted by Crippen LogP contribution is 2.72. The molecule has 2 unspecified atom stereocenters. The first-order valence-electron chi connectivity index (χ1n) is 4.64. The standard InChI is InChI=1S/C7H14O10P2/c1-2-7(9,5-15-6-8)3-4-16-19(14,17-10)18(11,12)13/h2,6,9-10H,1,3-5H2,(H2,11,12,13)/p-3. The van der Waals surface area contributed by atoms with Gasteiger partial charge >= 0.3 is 7.28 Å². The summed E-state index contributed by atoms with van der Waals surface area (Å²) < 4.78 is 32.8. The Labute approximate surface area is 108 Å². The molecule has 0 rings (SSSR count). The molecule has 0 heterocycles. The summed E-state index contributed by atoms with van der Waals surface area (Å²) in [5, 5.41) is 19.7. The fourth-order valence-electron chi connectivity index (χ4n) is 0.882. The lowest BCUT2D eigenvalue weighted by Crippen LogP contribution is -2.33. The van der Waals surface area contributed by atoms with Crippen molar-refractivity contribution in [1.29, 1.82) is 0 Å². The second-order valence-electron chi connectivity index (χ2n) is 3.31. The highest BCUT2D eigenvalue weighted by atomic mass is 32.1. The fraction of sp³-hybridized carbons (Fsp3) is 0.571. The van der Waals surface area contributed by atoms with Crippen LogP contribution in [-0.4, -0.2) is 30.4 Å². The molecule has 0 aromatic rings. The van der Waals surface area contributed by atoms with Gasteiger partial charge in [-0.15, -0.1) is 6.58 Å². The molecule has 2 atom stereocenters. The smallest absolute Gasteiger partial charge is 0.348 e. The Hall–Kier alpha value is -0.570. The van der Waals surface area contributed by atoms with E-state index in [0.717, 1.165) is 6.08 Å². The number of carbonyl (C=O) groups is 1. The molecule has 12 heteroatoms. The molecule has 10 nitrogen and oxygen atoms in total. The predicted octanol–water partition coefficient (Wildman–Crippen LogP) is -2.20. The maximum Gasteiger partial charge on any atom is 0.348 e. The van der Waals surface area contributed by atoms with E-state index in [2.05, 4.69) is 20.5 Å². The minimum absolute atomic E-state index is 0.0461. The Balaban J connectivity index is 4.56. The van der Waals surface area contributed by atoms with Crippen LogP contribution in [0.5, 0.6) is 0 Å². The number of rotatable bonds is 10. The molecule has 0 aliphatic heterocycles. The van der Waals surface area contributed by atoms with Gasteiger partial charge in [0.2, 0.25) is 0 Å². The van der Waals surface area contributed by atoms with Crippen LogP contribution >= 0.6 is 14.6 Å². The monoisotopic (exact) mass is 317 g/mol. The number of carbonyl (C=O) groups excluding carboxylic acids is 1. The van der Waals surface area contributed by atoms with Crippen molar-refractivity contribution in [3.05, 3.63) is 12.7 Å². The van der Waals surface area contributed by atoms with Crippen molar-refractivity contribution < 1.29 is 48.0 Å². The van der Waals surface area contributed by atoms with E-state index < -0.39 is 39.8 Å². The maximum atomic E-state index is 11.2. The normalized spacial score (nSPS) is 18.1. The Bertz CT molecular complexity index is 403. The van der Waals surface area contributed by atoms with Gasteiger partial charge in [-0.2, -0.15) is 0 Å². The van der Waals surface area contributed by atoms with Crippen LogP contribution < -0.4 is 15.0 Å². The van der Waals surface area contributed by atoms with Crippen LogP contribution in [0.2, 0.25) is 0 Å². The third kappa shape index (κ3) is 5.52. The van der Waals surface area contributed by atoms with Gasteiger partial charge < -0.3 is 38.7 Å². The van der Waals surface area contributed by atoms with E-state index in [0.29, 0.717) is 0 Å². The van der Waals surface area contributed by atoms with Crippen molar-refractivity contribution in [3.63, 3.8) is 0 Å². The average Bonchev–Trinajstić information content (AvgIpc) is 2.34. The Morgan fingerprint density at radius 1 is 1.37 bits per heavy atom. The van der Waals surface area contributed by atoms with Gasteiger partial charge in [0.25, 0.3) is 6.47 Å². The van der Waals surface area contributed by atoms with Crippen LogP contribution in [-0.2, 0) is 27.9 Å². The predicted molar refractivity (Wildman–Crippen MR) is 54.0 cm³/mol. The van der Waals surface area contributed by atoms with Crippen LogP contribution in [0.25, 0.3) is 0 Å². The van der Waals surface area contributed by atoms with Crippen LogP contribution in [0, 0.1) is 0 Å². The van der Waals surface area contributed by atoms with Gasteiger partial charge in [0, 0.05) is 13.7 Å². The number of hydrogen-bond donors (Lipinski definition) is 1. The third-order valence-corrected chi connectivity index (χ3v) is 5.61. The summed E-state index contributed by atoms with van der Waals surface area (Å²) in [5.41, 5.74) is -1.80. The highest BCUT2D eigenvalue weighted by Gasteiger charge is 2.29. The molecule has 0 saturated heterocycles. The summed E-state index contributed by atoms with van der Waals surface area (Å²) in [6, 6.07) is 0. The SMILES string of the molecule is C=CC(O)(CCOP(=O)(O[O-])P(=O)([O-])[O-])COC=O. The van der Waals surface area contributed by atoms with Crippen LogP contribution in [0.1, 0.15) is 6.42 Å². The molecule has 0 radical (unpaired) electrons. The van der Waals surface area contributed by atoms with Crippen molar-refractivity contribution in [2.45, 2.75) is 12.0 Å². The molecule has 0 aromatic heterocycles. The largest absolute Gasteiger partial charge is 0.802 e. The van der Waals surface area contributed by atoms with Crippen LogP contribution in [0.3, 0.4) is 0 Å². The van der Waals surface area contributed by atoms with E-state index in [1.165, 1.54) is 0 Å². The lowest BCUT2D eigenvalue weighted by Gasteiger charge is -2.38. The zero-order valence-electron chi connectivity index (χ0n) is 9.50. The van der Waals surface area contributed by atoms with Gasteiger partial charge in [0.05, 0.1) is 6.61 Å². The molecule has 1 N–H and O–H groups in total. The second kappa shape index (κ2) is 7.28. The molecular weight excluding hydrogens is 306 g/mol. The molecule has 0 fully saturated rings. The molecule has 19 heavy (non-hydrogen) atoms. The first-order valence-corrected chi connectivity index (χ1v) is 8.43. The Morgan fingerprint density at radius 2 is 1.95 bits per heavy atom. The summed E-state index contributed by atoms with van der Waals surface area (Å²) in [4.78, 5) is 30.9. The Kier molecular flexibility index (Phi) is 7.06. The molecular formula is C7H11O10P2-3. The van der Waals surface area contributed by atoms with Crippen molar-refractivity contribution in [1.82, 2.24) is 0 Å². The van der Waals surface area contributed by atoms with Gasteiger partial charge in [-0.25, -0.2) is 0 Å². The van der Waals surface area contributed by atoms with Crippen molar-refractivity contribution in [2.24, 2.45) is 0 Å². The minimum atomic E-state index is -5.90. The summed E-state index contributed by atoms with van der Waals surface area (Å²) in [5.74, 6) is 0. The Morgan fingerprint density at radius 3 is 2.32 bits per heavy atom. The summed E-state index contributed by atoms with van der Waals surface area (Å²) in [6.07, 6.45) is 0.508.